The Morgan fingerprint density at radius 3 is 2.70 bits per heavy atom. The van der Waals surface area contributed by atoms with E-state index in [1.54, 1.807) is 0 Å². The first-order valence-corrected chi connectivity index (χ1v) is 11.1. The number of para-hydroxylation sites is 1. The van der Waals surface area contributed by atoms with Crippen molar-refractivity contribution in [3.8, 4) is 0 Å². The molecule has 2 heterocycles. The van der Waals surface area contributed by atoms with E-state index in [2.05, 4.69) is 79.7 Å². The molecule has 0 saturated heterocycles. The van der Waals surface area contributed by atoms with Crippen molar-refractivity contribution in [1.29, 1.82) is 0 Å². The Kier molecular flexibility index (Phi) is 7.19. The van der Waals surface area contributed by atoms with Crippen molar-refractivity contribution in [2.75, 3.05) is 13.1 Å². The van der Waals surface area contributed by atoms with Crippen LogP contribution in [-0.4, -0.2) is 39.9 Å². The molecule has 0 bridgehead atoms. The molecule has 1 unspecified atom stereocenters. The van der Waals surface area contributed by atoms with Crippen molar-refractivity contribution in [3.05, 3.63) is 52.5 Å². The number of aromatic nitrogens is 3. The number of nitrogens with one attached hydrogen (secondary N) is 3. The van der Waals surface area contributed by atoms with Crippen molar-refractivity contribution in [2.24, 2.45) is 12.0 Å². The first-order chi connectivity index (χ1) is 14.4. The summed E-state index contributed by atoms with van der Waals surface area (Å²) < 4.78 is 1.96. The number of H-pyrrole nitrogens is 1. The summed E-state index contributed by atoms with van der Waals surface area (Å²) in [6.07, 6.45) is 5.02. The van der Waals surface area contributed by atoms with Gasteiger partial charge in [0.05, 0.1) is 5.69 Å². The smallest absolute Gasteiger partial charge is 0.191 e. The van der Waals surface area contributed by atoms with Gasteiger partial charge in [0.15, 0.2) is 5.96 Å². The van der Waals surface area contributed by atoms with Crippen LogP contribution >= 0.6 is 0 Å². The predicted octanol–water partition coefficient (Wildman–Crippen LogP) is 3.81. The average molecular weight is 409 g/mol. The molecule has 0 aliphatic heterocycles. The molecule has 3 N–H and O–H groups in total. The molecule has 0 amide bonds. The molecule has 0 aliphatic rings. The zero-order valence-electron chi connectivity index (χ0n) is 19.3. The maximum absolute atomic E-state index is 4.83. The highest BCUT2D eigenvalue weighted by Gasteiger charge is 2.14. The number of aromatic amines is 1. The van der Waals surface area contributed by atoms with E-state index in [9.17, 15) is 0 Å². The summed E-state index contributed by atoms with van der Waals surface area (Å²) in [5.41, 5.74) is 7.62. The molecular formula is C24H36N6. The van der Waals surface area contributed by atoms with Gasteiger partial charge in [-0.25, -0.2) is 0 Å². The number of aryl methyl sites for hydroxylation is 3. The second kappa shape index (κ2) is 9.83. The van der Waals surface area contributed by atoms with Crippen LogP contribution in [0.4, 0.5) is 0 Å². The molecule has 0 fully saturated rings. The highest BCUT2D eigenvalue weighted by Crippen LogP contribution is 2.22. The fourth-order valence-electron chi connectivity index (χ4n) is 4.09. The van der Waals surface area contributed by atoms with Crippen molar-refractivity contribution in [3.63, 3.8) is 0 Å². The molecule has 30 heavy (non-hydrogen) atoms. The van der Waals surface area contributed by atoms with Crippen LogP contribution in [0.1, 0.15) is 48.8 Å². The molecule has 2 aromatic heterocycles. The van der Waals surface area contributed by atoms with Crippen molar-refractivity contribution in [2.45, 2.75) is 59.9 Å². The van der Waals surface area contributed by atoms with E-state index in [0.717, 1.165) is 44.0 Å². The van der Waals surface area contributed by atoms with Crippen LogP contribution in [0, 0.1) is 13.8 Å². The van der Waals surface area contributed by atoms with Gasteiger partial charge in [0.1, 0.15) is 0 Å². The van der Waals surface area contributed by atoms with Gasteiger partial charge in [-0.1, -0.05) is 25.1 Å². The minimum Gasteiger partial charge on any atom is -0.361 e. The summed E-state index contributed by atoms with van der Waals surface area (Å²) in [6, 6.07) is 6.82. The number of nitrogens with zero attached hydrogens (tertiary/aromatic N) is 3. The van der Waals surface area contributed by atoms with Crippen LogP contribution < -0.4 is 10.6 Å². The van der Waals surface area contributed by atoms with E-state index in [0.29, 0.717) is 0 Å². The number of benzene rings is 1. The molecule has 3 rings (SSSR count). The van der Waals surface area contributed by atoms with Gasteiger partial charge in [0, 0.05) is 49.0 Å². The normalized spacial score (nSPS) is 13.1. The molecule has 0 spiro atoms. The van der Waals surface area contributed by atoms with Crippen molar-refractivity contribution >= 4 is 16.9 Å². The molecule has 6 heteroatoms. The highest BCUT2D eigenvalue weighted by atomic mass is 15.3. The largest absolute Gasteiger partial charge is 0.361 e. The summed E-state index contributed by atoms with van der Waals surface area (Å²) in [6.45, 7) is 12.3. The monoisotopic (exact) mass is 408 g/mol. The van der Waals surface area contributed by atoms with Gasteiger partial charge in [-0.15, -0.1) is 0 Å². The lowest BCUT2D eigenvalue weighted by Gasteiger charge is -2.18. The lowest BCUT2D eigenvalue weighted by atomic mass is 10.1. The quantitative estimate of drug-likeness (QED) is 0.392. The fourth-order valence-corrected chi connectivity index (χ4v) is 4.09. The van der Waals surface area contributed by atoms with Crippen LogP contribution in [0.3, 0.4) is 0 Å². The molecule has 6 nitrogen and oxygen atoms in total. The summed E-state index contributed by atoms with van der Waals surface area (Å²) >= 11 is 0. The van der Waals surface area contributed by atoms with Crippen LogP contribution in [0.5, 0.6) is 0 Å². The van der Waals surface area contributed by atoms with Gasteiger partial charge < -0.3 is 15.6 Å². The van der Waals surface area contributed by atoms with E-state index < -0.39 is 0 Å². The Balaban J connectivity index is 1.64. The first-order valence-electron chi connectivity index (χ1n) is 11.1. The average Bonchev–Trinajstić information content (AvgIpc) is 3.24. The number of aliphatic imine (C=N–C) groups is 1. The molecule has 162 valence electrons. The van der Waals surface area contributed by atoms with E-state index in [-0.39, 0.29) is 6.04 Å². The minimum absolute atomic E-state index is 0.268. The number of fused-ring (bicyclic) bond motifs is 1. The number of hydrogen-bond donors (Lipinski definition) is 3. The summed E-state index contributed by atoms with van der Waals surface area (Å²) in [5, 5.41) is 12.8. The lowest BCUT2D eigenvalue weighted by molar-refractivity contribution is 0.636. The van der Waals surface area contributed by atoms with Crippen LogP contribution in [0.15, 0.2) is 29.4 Å². The zero-order chi connectivity index (χ0) is 21.7. The van der Waals surface area contributed by atoms with E-state index in [1.165, 1.54) is 33.3 Å². The summed E-state index contributed by atoms with van der Waals surface area (Å²) in [5.74, 6) is 0.873. The number of hydrogen-bond acceptors (Lipinski definition) is 2. The van der Waals surface area contributed by atoms with E-state index in [4.69, 9.17) is 4.99 Å². The Hall–Kier alpha value is -2.76. The highest BCUT2D eigenvalue weighted by molar-refractivity contribution is 5.86. The summed E-state index contributed by atoms with van der Waals surface area (Å²) in [7, 11) is 2.00. The third-order valence-electron chi connectivity index (χ3n) is 5.82. The topological polar surface area (TPSA) is 70.0 Å². The zero-order valence-corrected chi connectivity index (χ0v) is 19.3. The predicted molar refractivity (Wildman–Crippen MR) is 126 cm³/mol. The molecule has 3 aromatic rings. The van der Waals surface area contributed by atoms with Crippen molar-refractivity contribution in [1.82, 2.24) is 25.4 Å². The minimum atomic E-state index is 0.268. The fraction of sp³-hybridized carbons (Fsp3) is 0.500. The number of rotatable bonds is 8. The Bertz CT molecular complexity index is 1010. The van der Waals surface area contributed by atoms with Gasteiger partial charge in [-0.05, 0) is 63.6 Å². The molecular weight excluding hydrogens is 372 g/mol. The Morgan fingerprint density at radius 1 is 1.23 bits per heavy atom. The Labute approximate surface area is 180 Å². The summed E-state index contributed by atoms with van der Waals surface area (Å²) in [4.78, 5) is 8.28. The van der Waals surface area contributed by atoms with E-state index >= 15 is 0 Å². The maximum atomic E-state index is 4.83. The van der Waals surface area contributed by atoms with Gasteiger partial charge >= 0.3 is 0 Å². The molecule has 1 aromatic carbocycles. The molecule has 0 radical (unpaired) electrons. The lowest BCUT2D eigenvalue weighted by Crippen LogP contribution is -2.43. The second-order valence-electron chi connectivity index (χ2n) is 8.04. The van der Waals surface area contributed by atoms with Gasteiger partial charge in [-0.3, -0.25) is 9.67 Å². The molecule has 0 aliphatic carbocycles. The number of guanidine groups is 1. The second-order valence-corrected chi connectivity index (χ2v) is 8.04. The molecule has 0 saturated carbocycles. The van der Waals surface area contributed by atoms with Crippen molar-refractivity contribution < 1.29 is 0 Å². The van der Waals surface area contributed by atoms with E-state index in [1.807, 2.05) is 11.7 Å². The van der Waals surface area contributed by atoms with Crippen LogP contribution in [0.2, 0.25) is 0 Å². The SMILES string of the molecule is CCNC(=NCCc1c[nH]c2c(CC)cccc12)NC(C)Cc1c(C)nn(C)c1C. The van der Waals surface area contributed by atoms with Gasteiger partial charge in [-0.2, -0.15) is 5.10 Å². The standard InChI is InChI=1S/C24H36N6/c1-7-19-10-9-11-21-20(15-27-23(19)21)12-13-26-24(25-8-2)28-16(3)14-22-17(4)29-30(6)18(22)5/h9-11,15-16,27H,7-8,12-14H2,1-6H3,(H2,25,26,28). The first kappa shape index (κ1) is 21.9. The molecule has 1 atom stereocenters. The third-order valence-corrected chi connectivity index (χ3v) is 5.82. The van der Waals surface area contributed by atoms with Crippen LogP contribution in [0.25, 0.3) is 10.9 Å². The van der Waals surface area contributed by atoms with Crippen LogP contribution in [-0.2, 0) is 26.3 Å². The third kappa shape index (κ3) is 4.86. The van der Waals surface area contributed by atoms with Gasteiger partial charge in [0.2, 0.25) is 0 Å². The Morgan fingerprint density at radius 2 is 2.03 bits per heavy atom. The van der Waals surface area contributed by atoms with Gasteiger partial charge in [0.25, 0.3) is 0 Å². The maximum Gasteiger partial charge on any atom is 0.191 e.